The van der Waals surface area contributed by atoms with Gasteiger partial charge in [-0.25, -0.2) is 42.1 Å². The molecule has 5 heterocycles. The highest BCUT2D eigenvalue weighted by Gasteiger charge is 2.38. The number of nitriles is 5. The number of hydrogen-bond donors (Lipinski definition) is 5. The summed E-state index contributed by atoms with van der Waals surface area (Å²) in [7, 11) is -18.2. The average Bonchev–Trinajstić information content (AvgIpc) is 1.61. The Morgan fingerprint density at radius 2 is 0.622 bits per heavy atom. The molecule has 5 aromatic heterocycles. The van der Waals surface area contributed by atoms with E-state index in [0.717, 1.165) is 88.2 Å². The molecule has 0 saturated heterocycles. The third-order valence-corrected chi connectivity index (χ3v) is 30.5. The number of rotatable bonds is 32. The summed E-state index contributed by atoms with van der Waals surface area (Å²) >= 11 is 23.9. The predicted octanol–water partition coefficient (Wildman–Crippen LogP) is 25.9. The van der Waals surface area contributed by atoms with Crippen LogP contribution in [-0.4, -0.2) is 119 Å². The third-order valence-electron chi connectivity index (χ3n) is 23.6. The highest BCUT2D eigenvalue weighted by atomic mass is 35.5. The molecule has 5 N–H and O–H groups in total. The van der Waals surface area contributed by atoms with Crippen molar-refractivity contribution in [2.75, 3.05) is 58.8 Å². The number of hydrogen-bond acceptors (Lipinski definition) is 17. The van der Waals surface area contributed by atoms with Crippen molar-refractivity contribution in [3.63, 3.8) is 0 Å². The smallest absolute Gasteiger partial charge is 0.406 e. The maximum absolute atomic E-state index is 12.7. The fourth-order valence-corrected chi connectivity index (χ4v) is 22.4. The van der Waals surface area contributed by atoms with Crippen LogP contribution in [0, 0.1) is 68.5 Å². The number of benzene rings is 10. The van der Waals surface area contributed by atoms with E-state index in [1.165, 1.54) is 55.5 Å². The van der Waals surface area contributed by atoms with Crippen molar-refractivity contribution in [2.45, 2.75) is 131 Å². The van der Waals surface area contributed by atoms with E-state index in [2.05, 4.69) is 67.8 Å². The molecule has 15 aromatic rings. The van der Waals surface area contributed by atoms with Crippen LogP contribution in [0.4, 0.5) is 68.0 Å². The van der Waals surface area contributed by atoms with Gasteiger partial charge in [-0.3, -0.25) is 23.6 Å². The van der Waals surface area contributed by atoms with E-state index in [0.29, 0.717) is 190 Å². The van der Waals surface area contributed by atoms with Gasteiger partial charge in [0.1, 0.15) is 41.8 Å². The van der Waals surface area contributed by atoms with Gasteiger partial charge in [-0.05, 0) is 245 Å². The standard InChI is InChI=1S/C22H20F3N3O3S.C21H22ClN3O2S.C21H18F3N3O3S.C20H19Cl2N3O2S.C19H15ClF3N3O2S/c1-2-32(29,30)27-16-7-5-15(6-8-16)21-19(12-26)18-10-9-17(31-22(23,24)25)11-20(18)28(21)13-14-3-4-14;1-3-5-12-28(26,27)24-17-9-6-15(7-10-17)21-19(14-23)18-13-16(22)8-11-20(18)25(21)4-2;1-31(28,29)26-15-6-4-14(5-7-15)20-18(11-25)17-9-8-16(30-21(22,23)24)10-19(17)27(20)12-13-2-3-13;1-2-25-19-9-6-15(22)12-17(19)18(13-23)20(25)14-4-7-16(8-5-14)24-28(26,27)11-3-10-21;1-2-26-17-8-5-13(20)9-15(17)16(10-24)18(26)12-3-6-14(7-4-12)25-29(27,28)11-19(21,22)23/h5-11,14,27H,2-4,13H2,1H3;6-11,13,24H,3-5,12H2,1-2H3;4-10,13,26H,2-3,12H2,1H3;4-9,12,24H,2-3,10-11H2,1H3;3-9,25H,2,11H2,1H3. The van der Waals surface area contributed by atoms with Crippen LogP contribution in [0.1, 0.15) is 107 Å². The highest BCUT2D eigenvalue weighted by molar-refractivity contribution is 7.93. The lowest BCUT2D eigenvalue weighted by Crippen LogP contribution is -2.27. The van der Waals surface area contributed by atoms with Crippen molar-refractivity contribution in [1.82, 2.24) is 22.8 Å². The number of halogens is 13. The molecule has 0 bridgehead atoms. The zero-order chi connectivity index (χ0) is 108. The molecule has 45 heteroatoms. The Balaban J connectivity index is 0.000000155. The van der Waals surface area contributed by atoms with Crippen LogP contribution in [-0.2, 0) is 82.8 Å². The van der Waals surface area contributed by atoms with Gasteiger partial charge in [-0.15, -0.1) is 37.9 Å². The minimum atomic E-state index is -4.84. The molecule has 148 heavy (non-hydrogen) atoms. The molecular formula is C103H94Cl4F9N15O12S5. The number of aryl methyl sites for hydroxylation is 3. The largest absolute Gasteiger partial charge is 0.573 e. The summed E-state index contributed by atoms with van der Waals surface area (Å²) in [6, 6.07) is 68.4. The monoisotopic (exact) mass is 2200 g/mol. The van der Waals surface area contributed by atoms with Crippen LogP contribution in [0.25, 0.3) is 111 Å². The van der Waals surface area contributed by atoms with Crippen molar-refractivity contribution in [2.24, 2.45) is 11.8 Å². The lowest BCUT2D eigenvalue weighted by molar-refractivity contribution is -0.275. The lowest BCUT2D eigenvalue weighted by Gasteiger charge is -2.13. The molecule has 10 aromatic carbocycles. The summed E-state index contributed by atoms with van der Waals surface area (Å²) < 4.78 is 261. The first-order valence-corrected chi connectivity index (χ1v) is 56.1. The normalized spacial score (nSPS) is 12.9. The molecule has 0 spiro atoms. The van der Waals surface area contributed by atoms with Crippen molar-refractivity contribution >= 4 is 179 Å². The number of nitrogens with one attached hydrogen (secondary N) is 5. The first kappa shape index (κ1) is 111. The van der Waals surface area contributed by atoms with Crippen molar-refractivity contribution in [3.8, 4) is 98.1 Å². The van der Waals surface area contributed by atoms with Gasteiger partial charge in [0.15, 0.2) is 5.75 Å². The van der Waals surface area contributed by atoms with Crippen LogP contribution >= 0.6 is 46.4 Å². The molecule has 27 nitrogen and oxygen atoms in total. The summed E-state index contributed by atoms with van der Waals surface area (Å²) in [6.45, 7) is 12.5. The van der Waals surface area contributed by atoms with Crippen LogP contribution in [0.3, 0.4) is 0 Å². The number of nitrogens with zero attached hydrogens (tertiary/aromatic N) is 10. The van der Waals surface area contributed by atoms with Gasteiger partial charge >= 0.3 is 18.9 Å². The van der Waals surface area contributed by atoms with Crippen molar-refractivity contribution in [1.29, 1.82) is 26.3 Å². The Labute approximate surface area is 868 Å². The molecule has 2 aliphatic carbocycles. The fraction of sp³-hybridized carbons (Fsp3) is 0.272. The van der Waals surface area contributed by atoms with Gasteiger partial charge < -0.3 is 32.3 Å². The second-order valence-corrected chi connectivity index (χ2v) is 45.3. The summed E-state index contributed by atoms with van der Waals surface area (Å²) in [5.74, 6) is -1.58. The molecule has 2 fully saturated rings. The quantitative estimate of drug-likeness (QED) is 0.0193. The van der Waals surface area contributed by atoms with E-state index in [1.807, 2.05) is 94.6 Å². The molecule has 774 valence electrons. The van der Waals surface area contributed by atoms with Crippen LogP contribution < -0.4 is 33.1 Å². The molecule has 0 atom stereocenters. The SMILES string of the molecule is CCCCS(=O)(=O)Nc1ccc(-c2c(C#N)c3cc(Cl)ccc3n2CC)cc1.CCS(=O)(=O)Nc1ccc(-c2c(C#N)c3ccc(OC(F)(F)F)cc3n2CC2CC2)cc1.CCn1c(-c2ccc(NS(=O)(=O)CC(F)(F)F)cc2)c(C#N)c2cc(Cl)ccc21.CCn1c(-c2ccc(NS(=O)(=O)CCCCl)cc2)c(C#N)c2cc(Cl)ccc21.CS(=O)(=O)Nc1ccc(-c2c(C#N)c3ccc(OC(F)(F)F)cc3n2CC2CC2)cc1. The number of anilines is 5. The van der Waals surface area contributed by atoms with Crippen molar-refractivity contribution < 1.29 is 91.1 Å². The third kappa shape index (κ3) is 28.0. The summed E-state index contributed by atoms with van der Waals surface area (Å²) in [6.07, 6.45) is -7.54. The maximum atomic E-state index is 12.7. The van der Waals surface area contributed by atoms with Gasteiger partial charge in [0.25, 0.3) is 0 Å². The summed E-state index contributed by atoms with van der Waals surface area (Å²) in [5, 5.41) is 53.9. The predicted molar refractivity (Wildman–Crippen MR) is 561 cm³/mol. The minimum absolute atomic E-state index is 0.00119. The van der Waals surface area contributed by atoms with E-state index < -0.39 is 74.8 Å². The minimum Gasteiger partial charge on any atom is -0.406 e. The average molecular weight is 2210 g/mol. The molecule has 2 saturated carbocycles. The number of aromatic nitrogens is 5. The number of sulfonamides is 5. The molecule has 0 aliphatic heterocycles. The van der Waals surface area contributed by atoms with Crippen LogP contribution in [0.15, 0.2) is 212 Å². The Morgan fingerprint density at radius 1 is 0.345 bits per heavy atom. The summed E-state index contributed by atoms with van der Waals surface area (Å²) in [5.41, 5.74) is 14.6. The van der Waals surface area contributed by atoms with Gasteiger partial charge in [-0.1, -0.05) is 109 Å². The van der Waals surface area contributed by atoms with E-state index in [1.54, 1.807) is 115 Å². The van der Waals surface area contributed by atoms with Gasteiger partial charge in [0.05, 0.1) is 90.8 Å². The van der Waals surface area contributed by atoms with E-state index in [9.17, 15) is 108 Å². The van der Waals surface area contributed by atoms with Gasteiger partial charge in [0, 0.05) is 138 Å². The topological polar surface area (TPSA) is 393 Å². The molecular weight excluding hydrogens is 2110 g/mol. The Bertz CT molecular complexity index is 8170. The Kier molecular flexibility index (Phi) is 34.9. The molecule has 17 rings (SSSR count). The first-order chi connectivity index (χ1) is 70.0. The second kappa shape index (κ2) is 46.3. The van der Waals surface area contributed by atoms with E-state index >= 15 is 0 Å². The number of unbranched alkanes of at least 4 members (excludes halogenated alkanes) is 1. The molecule has 0 unspecified atom stereocenters. The zero-order valence-corrected chi connectivity index (χ0v) is 86.8. The lowest BCUT2D eigenvalue weighted by atomic mass is 10.1. The first-order valence-electron chi connectivity index (χ1n) is 45.9. The van der Waals surface area contributed by atoms with Crippen molar-refractivity contribution in [3.05, 3.63) is 255 Å². The second-order valence-electron chi connectivity index (χ2n) is 34.4. The molecule has 0 amide bonds. The Hall–Kier alpha value is -13.8. The van der Waals surface area contributed by atoms with Gasteiger partial charge in [0.2, 0.25) is 50.1 Å². The number of fused-ring (bicyclic) bond motifs is 5. The number of alkyl halides is 10. The molecule has 0 radical (unpaired) electrons. The molecule has 2 aliphatic rings. The fourth-order valence-electron chi connectivity index (χ4n) is 17.0. The van der Waals surface area contributed by atoms with E-state index in [-0.39, 0.29) is 34.4 Å². The zero-order valence-electron chi connectivity index (χ0n) is 79.7. The van der Waals surface area contributed by atoms with Gasteiger partial charge in [-0.2, -0.15) is 39.5 Å². The number of ether oxygens (including phenoxy) is 2. The van der Waals surface area contributed by atoms with Crippen LogP contribution in [0.2, 0.25) is 15.1 Å². The Morgan fingerprint density at radius 3 is 0.878 bits per heavy atom. The highest BCUT2D eigenvalue weighted by Crippen LogP contribution is 2.46. The summed E-state index contributed by atoms with van der Waals surface area (Å²) in [4.78, 5) is 0. The van der Waals surface area contributed by atoms with E-state index in [4.69, 9.17) is 46.4 Å². The van der Waals surface area contributed by atoms with Crippen LogP contribution in [0.5, 0.6) is 11.5 Å². The maximum Gasteiger partial charge on any atom is 0.573 e.